The zero-order chi connectivity index (χ0) is 13.8. The highest BCUT2D eigenvalue weighted by Gasteiger charge is 2.11. The molecule has 0 unspecified atom stereocenters. The van der Waals surface area contributed by atoms with Crippen LogP contribution in [0.1, 0.15) is 26.3 Å². The van der Waals surface area contributed by atoms with Gasteiger partial charge in [-0.25, -0.2) is 0 Å². The van der Waals surface area contributed by atoms with Crippen molar-refractivity contribution in [1.82, 2.24) is 5.32 Å². The van der Waals surface area contributed by atoms with E-state index in [1.807, 2.05) is 6.07 Å². The average Bonchev–Trinajstić information content (AvgIpc) is 2.24. The number of nitro groups is 1. The number of benzene rings is 1. The Balaban J connectivity index is 2.53. The number of aryl methyl sites for hydroxylation is 1. The lowest BCUT2D eigenvalue weighted by Gasteiger charge is -2.20. The van der Waals surface area contributed by atoms with Crippen LogP contribution in [0.25, 0.3) is 0 Å². The molecule has 2 N–H and O–H groups in total. The Kier molecular flexibility index (Phi) is 4.67. The Hall–Kier alpha value is -1.62. The molecule has 1 aromatic rings. The first-order valence-corrected chi connectivity index (χ1v) is 6.03. The summed E-state index contributed by atoms with van der Waals surface area (Å²) in [5.41, 5.74) is 1.70. The molecule has 18 heavy (non-hydrogen) atoms. The van der Waals surface area contributed by atoms with Crippen LogP contribution in [-0.2, 0) is 0 Å². The van der Waals surface area contributed by atoms with Gasteiger partial charge in [-0.2, -0.15) is 0 Å². The molecule has 0 amide bonds. The third-order valence-corrected chi connectivity index (χ3v) is 2.52. The quantitative estimate of drug-likeness (QED) is 0.479. The van der Waals surface area contributed by atoms with E-state index in [0.717, 1.165) is 18.8 Å². The van der Waals surface area contributed by atoms with Crippen molar-refractivity contribution in [3.63, 3.8) is 0 Å². The molecular weight excluding hydrogens is 230 g/mol. The minimum absolute atomic E-state index is 0.0843. The highest BCUT2D eigenvalue weighted by atomic mass is 16.6. The summed E-state index contributed by atoms with van der Waals surface area (Å²) in [4.78, 5) is 10.4. The molecule has 5 heteroatoms. The lowest BCUT2D eigenvalue weighted by Crippen LogP contribution is -2.38. The van der Waals surface area contributed by atoms with Gasteiger partial charge >= 0.3 is 0 Å². The van der Waals surface area contributed by atoms with E-state index in [1.165, 1.54) is 0 Å². The summed E-state index contributed by atoms with van der Waals surface area (Å²) in [5.74, 6) is 0. The van der Waals surface area contributed by atoms with Gasteiger partial charge in [0.25, 0.3) is 5.69 Å². The minimum Gasteiger partial charge on any atom is -0.384 e. The smallest absolute Gasteiger partial charge is 0.274 e. The van der Waals surface area contributed by atoms with Crippen LogP contribution in [0.3, 0.4) is 0 Å². The van der Waals surface area contributed by atoms with Crippen LogP contribution in [0, 0.1) is 17.0 Å². The molecule has 0 atom stereocenters. The van der Waals surface area contributed by atoms with Gasteiger partial charge in [-0.05, 0) is 33.8 Å². The van der Waals surface area contributed by atoms with E-state index in [1.54, 1.807) is 19.1 Å². The second-order valence-electron chi connectivity index (χ2n) is 5.36. The number of hydrogen-bond donors (Lipinski definition) is 2. The maximum atomic E-state index is 10.8. The van der Waals surface area contributed by atoms with E-state index in [9.17, 15) is 10.1 Å². The van der Waals surface area contributed by atoms with Crippen molar-refractivity contribution in [2.45, 2.75) is 33.2 Å². The van der Waals surface area contributed by atoms with Crippen molar-refractivity contribution in [1.29, 1.82) is 0 Å². The zero-order valence-electron chi connectivity index (χ0n) is 11.4. The van der Waals surface area contributed by atoms with Crippen LogP contribution in [0.4, 0.5) is 11.4 Å². The number of hydrogen-bond acceptors (Lipinski definition) is 4. The van der Waals surface area contributed by atoms with Gasteiger partial charge in [0.15, 0.2) is 0 Å². The van der Waals surface area contributed by atoms with Gasteiger partial charge in [0.05, 0.1) is 4.92 Å². The maximum absolute atomic E-state index is 10.8. The molecule has 0 heterocycles. The summed E-state index contributed by atoms with van der Waals surface area (Å²) in [6.45, 7) is 9.59. The molecular formula is C13H21N3O2. The normalized spacial score (nSPS) is 11.3. The zero-order valence-corrected chi connectivity index (χ0v) is 11.4. The molecule has 1 aromatic carbocycles. The van der Waals surface area contributed by atoms with Gasteiger partial charge in [0.2, 0.25) is 0 Å². The van der Waals surface area contributed by atoms with Crippen LogP contribution in [-0.4, -0.2) is 23.6 Å². The van der Waals surface area contributed by atoms with Gasteiger partial charge in [0, 0.05) is 35.9 Å². The summed E-state index contributed by atoms with van der Waals surface area (Å²) >= 11 is 0. The molecule has 5 nitrogen and oxygen atoms in total. The Bertz CT molecular complexity index is 425. The molecule has 0 fully saturated rings. The third kappa shape index (κ3) is 4.71. The number of nitrogens with one attached hydrogen (secondary N) is 2. The summed E-state index contributed by atoms with van der Waals surface area (Å²) < 4.78 is 0. The Labute approximate surface area is 108 Å². The van der Waals surface area contributed by atoms with Gasteiger partial charge < -0.3 is 10.6 Å². The highest BCUT2D eigenvalue weighted by Crippen LogP contribution is 2.21. The first-order valence-electron chi connectivity index (χ1n) is 6.03. The highest BCUT2D eigenvalue weighted by molar-refractivity contribution is 5.54. The van der Waals surface area contributed by atoms with E-state index in [4.69, 9.17) is 0 Å². The van der Waals surface area contributed by atoms with Crippen LogP contribution in [0.5, 0.6) is 0 Å². The SMILES string of the molecule is Cc1ccc(NCCNC(C)(C)C)cc1[N+](=O)[O-]. The number of anilines is 1. The standard InChI is InChI=1S/C13H21N3O2/c1-10-5-6-11(9-12(10)16(17)18)14-7-8-15-13(2,3)4/h5-6,9,14-15H,7-8H2,1-4H3. The largest absolute Gasteiger partial charge is 0.384 e. The van der Waals surface area contributed by atoms with Gasteiger partial charge in [-0.15, -0.1) is 0 Å². The van der Waals surface area contributed by atoms with Crippen molar-refractivity contribution < 1.29 is 4.92 Å². The van der Waals surface area contributed by atoms with Crippen molar-refractivity contribution in [2.75, 3.05) is 18.4 Å². The molecule has 100 valence electrons. The van der Waals surface area contributed by atoms with E-state index in [2.05, 4.69) is 31.4 Å². The van der Waals surface area contributed by atoms with E-state index >= 15 is 0 Å². The number of nitro benzene ring substituents is 1. The first-order chi connectivity index (χ1) is 8.29. The second kappa shape index (κ2) is 5.82. The molecule has 0 saturated heterocycles. The fraction of sp³-hybridized carbons (Fsp3) is 0.538. The molecule has 0 spiro atoms. The summed E-state index contributed by atoms with van der Waals surface area (Å²) in [7, 11) is 0. The van der Waals surface area contributed by atoms with Crippen molar-refractivity contribution in [3.05, 3.63) is 33.9 Å². The van der Waals surface area contributed by atoms with Crippen LogP contribution < -0.4 is 10.6 Å². The fourth-order valence-corrected chi connectivity index (χ4v) is 1.56. The Morgan fingerprint density at radius 1 is 1.28 bits per heavy atom. The van der Waals surface area contributed by atoms with Gasteiger partial charge in [0.1, 0.15) is 0 Å². The van der Waals surface area contributed by atoms with Crippen LogP contribution in [0.15, 0.2) is 18.2 Å². The molecule has 0 saturated carbocycles. The summed E-state index contributed by atoms with van der Waals surface area (Å²) in [6.07, 6.45) is 0. The predicted octanol–water partition coefficient (Wildman–Crippen LogP) is 2.70. The molecule has 0 radical (unpaired) electrons. The van der Waals surface area contributed by atoms with E-state index in [0.29, 0.717) is 5.56 Å². The lowest BCUT2D eigenvalue weighted by atomic mass is 10.1. The van der Waals surface area contributed by atoms with Crippen molar-refractivity contribution in [3.8, 4) is 0 Å². The van der Waals surface area contributed by atoms with Gasteiger partial charge in [-0.1, -0.05) is 6.07 Å². The predicted molar refractivity (Wildman–Crippen MR) is 74.1 cm³/mol. The summed E-state index contributed by atoms with van der Waals surface area (Å²) in [6, 6.07) is 5.20. The van der Waals surface area contributed by atoms with Crippen molar-refractivity contribution >= 4 is 11.4 Å². The molecule has 1 rings (SSSR count). The van der Waals surface area contributed by atoms with Crippen LogP contribution in [0.2, 0.25) is 0 Å². The van der Waals surface area contributed by atoms with Crippen molar-refractivity contribution in [2.24, 2.45) is 0 Å². The molecule has 0 aliphatic heterocycles. The van der Waals surface area contributed by atoms with E-state index in [-0.39, 0.29) is 16.1 Å². The van der Waals surface area contributed by atoms with Crippen LogP contribution >= 0.6 is 0 Å². The van der Waals surface area contributed by atoms with Gasteiger partial charge in [-0.3, -0.25) is 10.1 Å². The fourth-order valence-electron chi connectivity index (χ4n) is 1.56. The summed E-state index contributed by atoms with van der Waals surface area (Å²) in [5, 5.41) is 17.3. The number of rotatable bonds is 5. The first kappa shape index (κ1) is 14.4. The molecule has 0 aliphatic carbocycles. The monoisotopic (exact) mass is 251 g/mol. The topological polar surface area (TPSA) is 67.2 Å². The lowest BCUT2D eigenvalue weighted by molar-refractivity contribution is -0.385. The third-order valence-electron chi connectivity index (χ3n) is 2.52. The second-order valence-corrected chi connectivity index (χ2v) is 5.36. The van der Waals surface area contributed by atoms with E-state index < -0.39 is 0 Å². The minimum atomic E-state index is -0.353. The Morgan fingerprint density at radius 3 is 2.50 bits per heavy atom. The molecule has 0 aliphatic rings. The maximum Gasteiger partial charge on any atom is 0.274 e. The molecule has 0 bridgehead atoms. The average molecular weight is 251 g/mol. The number of nitrogens with zero attached hydrogens (tertiary/aromatic N) is 1. The Morgan fingerprint density at radius 2 is 1.94 bits per heavy atom. The molecule has 0 aromatic heterocycles.